The number of benzene rings is 2. The summed E-state index contributed by atoms with van der Waals surface area (Å²) in [7, 11) is -3.48. The van der Waals surface area contributed by atoms with E-state index in [0.717, 1.165) is 25.9 Å². The fraction of sp³-hybridized carbons (Fsp3) is 0.462. The predicted octanol–water partition coefficient (Wildman–Crippen LogP) is 3.77. The van der Waals surface area contributed by atoms with Gasteiger partial charge in [-0.15, -0.1) is 0 Å². The molecule has 4 rings (SSSR count). The van der Waals surface area contributed by atoms with Gasteiger partial charge in [-0.1, -0.05) is 37.3 Å². The minimum absolute atomic E-state index is 0.00944. The molecule has 2 aromatic rings. The molecule has 0 spiro atoms. The number of piperidine rings is 2. The number of carbonyl (C=O) groups is 2. The molecule has 0 bridgehead atoms. The zero-order valence-corrected chi connectivity index (χ0v) is 20.0. The van der Waals surface area contributed by atoms with Gasteiger partial charge < -0.3 is 9.80 Å². The van der Waals surface area contributed by atoms with Crippen molar-refractivity contribution < 1.29 is 18.0 Å². The summed E-state index contributed by atoms with van der Waals surface area (Å²) in [5, 5.41) is 0. The largest absolute Gasteiger partial charge is 0.342 e. The number of sulfone groups is 1. The second kappa shape index (κ2) is 10.1. The predicted molar refractivity (Wildman–Crippen MR) is 127 cm³/mol. The summed E-state index contributed by atoms with van der Waals surface area (Å²) in [5.74, 6) is 0.661. The molecule has 33 heavy (non-hydrogen) atoms. The molecule has 176 valence electrons. The Balaban J connectivity index is 1.36. The van der Waals surface area contributed by atoms with Crippen molar-refractivity contribution in [1.29, 1.82) is 0 Å². The van der Waals surface area contributed by atoms with Crippen LogP contribution < -0.4 is 0 Å². The van der Waals surface area contributed by atoms with E-state index >= 15 is 0 Å². The number of likely N-dealkylation sites (tertiary alicyclic amines) is 2. The van der Waals surface area contributed by atoms with Gasteiger partial charge in [0.1, 0.15) is 0 Å². The molecule has 0 aromatic heterocycles. The van der Waals surface area contributed by atoms with E-state index in [2.05, 4.69) is 6.92 Å². The van der Waals surface area contributed by atoms with Gasteiger partial charge in [0, 0.05) is 37.7 Å². The third kappa shape index (κ3) is 5.64. The standard InChI is InChI=1S/C26H32N2O4S/c1-20-10-14-27(15-11-20)25(29)22-12-16-28(17-13-22)26(30)23-7-5-6-21(18-23)19-33(31,32)24-8-3-2-4-9-24/h2-9,18,20,22H,10-17,19H2,1H3. The van der Waals surface area contributed by atoms with E-state index < -0.39 is 9.84 Å². The highest BCUT2D eigenvalue weighted by Gasteiger charge is 2.31. The lowest BCUT2D eigenvalue weighted by Gasteiger charge is -2.36. The third-order valence-corrected chi connectivity index (χ3v) is 8.56. The number of hydrogen-bond donors (Lipinski definition) is 0. The van der Waals surface area contributed by atoms with Crippen molar-refractivity contribution in [2.45, 2.75) is 43.3 Å². The van der Waals surface area contributed by atoms with Crippen LogP contribution in [0.5, 0.6) is 0 Å². The van der Waals surface area contributed by atoms with Gasteiger partial charge in [-0.2, -0.15) is 0 Å². The summed E-state index contributed by atoms with van der Waals surface area (Å²) < 4.78 is 25.4. The summed E-state index contributed by atoms with van der Waals surface area (Å²) in [6.45, 7) is 5.02. The van der Waals surface area contributed by atoms with Crippen molar-refractivity contribution in [1.82, 2.24) is 9.80 Å². The average molecular weight is 469 g/mol. The second-order valence-electron chi connectivity index (χ2n) is 9.35. The molecule has 0 radical (unpaired) electrons. The fourth-order valence-corrected chi connectivity index (χ4v) is 6.08. The summed E-state index contributed by atoms with van der Waals surface area (Å²) in [4.78, 5) is 30.0. The number of amides is 2. The summed E-state index contributed by atoms with van der Waals surface area (Å²) in [6, 6.07) is 15.2. The van der Waals surface area contributed by atoms with Crippen LogP contribution in [-0.4, -0.2) is 56.2 Å². The minimum Gasteiger partial charge on any atom is -0.342 e. The maximum Gasteiger partial charge on any atom is 0.253 e. The van der Waals surface area contributed by atoms with Crippen LogP contribution in [0.25, 0.3) is 0 Å². The Morgan fingerprint density at radius 1 is 0.848 bits per heavy atom. The van der Waals surface area contributed by atoms with Crippen LogP contribution in [-0.2, 0) is 20.4 Å². The molecule has 2 aromatic carbocycles. The first kappa shape index (κ1) is 23.5. The van der Waals surface area contributed by atoms with Crippen LogP contribution in [0.1, 0.15) is 48.5 Å². The topological polar surface area (TPSA) is 74.8 Å². The maximum absolute atomic E-state index is 13.1. The van der Waals surface area contributed by atoms with E-state index in [1.165, 1.54) is 0 Å². The first-order chi connectivity index (χ1) is 15.8. The van der Waals surface area contributed by atoms with Crippen molar-refractivity contribution in [2.24, 2.45) is 11.8 Å². The molecule has 0 N–H and O–H groups in total. The molecule has 7 heteroatoms. The SMILES string of the molecule is CC1CCN(C(=O)C2CCN(C(=O)c3cccc(CS(=O)(=O)c4ccccc4)c3)CC2)CC1. The third-order valence-electron chi connectivity index (χ3n) is 6.86. The summed E-state index contributed by atoms with van der Waals surface area (Å²) in [6.07, 6.45) is 3.50. The van der Waals surface area contributed by atoms with Crippen LogP contribution in [0, 0.1) is 11.8 Å². The smallest absolute Gasteiger partial charge is 0.253 e. The zero-order chi connectivity index (χ0) is 23.4. The molecule has 2 amide bonds. The Morgan fingerprint density at radius 3 is 2.15 bits per heavy atom. The van der Waals surface area contributed by atoms with Crippen LogP contribution in [0.15, 0.2) is 59.5 Å². The first-order valence-electron chi connectivity index (χ1n) is 11.8. The lowest BCUT2D eigenvalue weighted by atomic mass is 9.92. The molecular weight excluding hydrogens is 436 g/mol. The highest BCUT2D eigenvalue weighted by atomic mass is 32.2. The van der Waals surface area contributed by atoms with Gasteiger partial charge in [-0.25, -0.2) is 8.42 Å². The van der Waals surface area contributed by atoms with Gasteiger partial charge in [0.25, 0.3) is 5.91 Å². The molecule has 0 unspecified atom stereocenters. The summed E-state index contributed by atoms with van der Waals surface area (Å²) >= 11 is 0. The Bertz CT molecular complexity index is 1080. The van der Waals surface area contributed by atoms with Gasteiger partial charge in [0.2, 0.25) is 5.91 Å². The average Bonchev–Trinajstić information content (AvgIpc) is 2.84. The van der Waals surface area contributed by atoms with E-state index in [9.17, 15) is 18.0 Å². The second-order valence-corrected chi connectivity index (χ2v) is 11.3. The van der Waals surface area contributed by atoms with Crippen molar-refractivity contribution in [3.63, 3.8) is 0 Å². The lowest BCUT2D eigenvalue weighted by molar-refractivity contribution is -0.138. The molecule has 2 saturated heterocycles. The van der Waals surface area contributed by atoms with Crippen molar-refractivity contribution >= 4 is 21.7 Å². The van der Waals surface area contributed by atoms with Gasteiger partial charge in [0.15, 0.2) is 9.84 Å². The minimum atomic E-state index is -3.48. The van der Waals surface area contributed by atoms with Gasteiger partial charge in [-0.05, 0) is 61.4 Å². The van der Waals surface area contributed by atoms with Crippen molar-refractivity contribution in [2.75, 3.05) is 26.2 Å². The van der Waals surface area contributed by atoms with Crippen LogP contribution in [0.3, 0.4) is 0 Å². The Morgan fingerprint density at radius 2 is 1.48 bits per heavy atom. The first-order valence-corrected chi connectivity index (χ1v) is 13.4. The lowest BCUT2D eigenvalue weighted by Crippen LogP contribution is -2.46. The number of rotatable bonds is 5. The molecular formula is C26H32N2O4S. The Hall–Kier alpha value is -2.67. The van der Waals surface area contributed by atoms with Crippen LogP contribution in [0.4, 0.5) is 0 Å². The normalized spacial score (nSPS) is 18.3. The molecule has 2 aliphatic heterocycles. The molecule has 2 aliphatic rings. The van der Waals surface area contributed by atoms with E-state index in [-0.39, 0.29) is 28.4 Å². The molecule has 0 aliphatic carbocycles. The van der Waals surface area contributed by atoms with Crippen LogP contribution in [0.2, 0.25) is 0 Å². The maximum atomic E-state index is 13.1. The van der Waals surface area contributed by atoms with Crippen molar-refractivity contribution in [3.8, 4) is 0 Å². The van der Waals surface area contributed by atoms with Gasteiger partial charge in [-0.3, -0.25) is 9.59 Å². The van der Waals surface area contributed by atoms with E-state index in [1.54, 1.807) is 59.5 Å². The Labute approximate surface area is 196 Å². The summed E-state index contributed by atoms with van der Waals surface area (Å²) in [5.41, 5.74) is 1.08. The molecule has 6 nitrogen and oxygen atoms in total. The quantitative estimate of drug-likeness (QED) is 0.670. The zero-order valence-electron chi connectivity index (χ0n) is 19.2. The highest BCUT2D eigenvalue weighted by molar-refractivity contribution is 7.90. The van der Waals surface area contributed by atoms with E-state index in [1.807, 2.05) is 4.90 Å². The monoisotopic (exact) mass is 468 g/mol. The fourth-order valence-electron chi connectivity index (χ4n) is 4.72. The highest BCUT2D eigenvalue weighted by Crippen LogP contribution is 2.25. The molecule has 0 atom stereocenters. The van der Waals surface area contributed by atoms with Gasteiger partial charge in [0.05, 0.1) is 10.6 Å². The van der Waals surface area contributed by atoms with Gasteiger partial charge >= 0.3 is 0 Å². The molecule has 2 heterocycles. The Kier molecular flexibility index (Phi) is 7.17. The van der Waals surface area contributed by atoms with E-state index in [4.69, 9.17) is 0 Å². The van der Waals surface area contributed by atoms with Crippen LogP contribution >= 0.6 is 0 Å². The molecule has 2 fully saturated rings. The number of nitrogens with zero attached hydrogens (tertiary/aromatic N) is 2. The number of hydrogen-bond acceptors (Lipinski definition) is 4. The number of carbonyl (C=O) groups excluding carboxylic acids is 2. The van der Waals surface area contributed by atoms with E-state index in [0.29, 0.717) is 43.0 Å². The molecule has 0 saturated carbocycles. The van der Waals surface area contributed by atoms with Crippen molar-refractivity contribution in [3.05, 3.63) is 65.7 Å².